The van der Waals surface area contributed by atoms with Crippen LogP contribution >= 0.6 is 7.60 Å². The maximum atomic E-state index is 11.4. The monoisotopic (exact) mass is 244 g/mol. The molecular weight excluding hydrogens is 240 g/mol. The van der Waals surface area contributed by atoms with Crippen LogP contribution in [0.2, 0.25) is 0 Å². The number of hydrogen-bond donors (Lipinski definition) is 1. The van der Waals surface area contributed by atoms with Gasteiger partial charge in [-0.1, -0.05) is 4.33 Å². The van der Waals surface area contributed by atoms with Gasteiger partial charge in [0.25, 0.3) is 0 Å². The summed E-state index contributed by atoms with van der Waals surface area (Å²) in [5.41, 5.74) is -5.69. The molecule has 0 aliphatic carbocycles. The van der Waals surface area contributed by atoms with E-state index in [4.69, 9.17) is 4.89 Å². The summed E-state index contributed by atoms with van der Waals surface area (Å²) in [6.45, 7) is 0.457. The summed E-state index contributed by atoms with van der Waals surface area (Å²) in [5, 5.41) is 0. The Labute approximate surface area is 70.8 Å². The second-order valence-corrected chi connectivity index (χ2v) is 5.11. The lowest BCUT2D eigenvalue weighted by Gasteiger charge is -2.07. The molecule has 80 valence electrons. The number of hydrogen-bond acceptors (Lipinski definition) is 5. The standard InChI is InChI=1S/C2H4F3O6PS/c1-12(6,7)10-11-13(8,9)2(3,4)5/h1H3,(H,6,7). The van der Waals surface area contributed by atoms with Crippen molar-refractivity contribution in [2.24, 2.45) is 0 Å². The lowest BCUT2D eigenvalue weighted by Crippen LogP contribution is -2.25. The van der Waals surface area contributed by atoms with Gasteiger partial charge in [0.1, 0.15) is 0 Å². The third kappa shape index (κ3) is 4.58. The van der Waals surface area contributed by atoms with E-state index >= 15 is 0 Å². The van der Waals surface area contributed by atoms with Crippen molar-refractivity contribution >= 4 is 17.7 Å². The van der Waals surface area contributed by atoms with Crippen molar-refractivity contribution in [2.75, 3.05) is 6.66 Å². The Morgan fingerprint density at radius 1 is 1.38 bits per heavy atom. The van der Waals surface area contributed by atoms with Gasteiger partial charge < -0.3 is 4.89 Å². The van der Waals surface area contributed by atoms with Gasteiger partial charge in [0.05, 0.1) is 0 Å². The Balaban J connectivity index is 4.49. The first-order valence-corrected chi connectivity index (χ1v) is 5.88. The molecule has 0 aliphatic rings. The van der Waals surface area contributed by atoms with Crippen LogP contribution in [-0.4, -0.2) is 25.5 Å². The SMILES string of the molecule is CP(=O)(O)OOS(=O)(=O)C(F)(F)F. The van der Waals surface area contributed by atoms with Crippen molar-refractivity contribution in [3.63, 3.8) is 0 Å². The molecule has 0 heterocycles. The zero-order valence-electron chi connectivity index (χ0n) is 5.98. The van der Waals surface area contributed by atoms with Crippen LogP contribution in [0.15, 0.2) is 0 Å². The Morgan fingerprint density at radius 3 is 2.00 bits per heavy atom. The van der Waals surface area contributed by atoms with Gasteiger partial charge in [0.2, 0.25) is 0 Å². The molecule has 0 fully saturated rings. The van der Waals surface area contributed by atoms with E-state index in [1.165, 1.54) is 0 Å². The van der Waals surface area contributed by atoms with Gasteiger partial charge >= 0.3 is 23.2 Å². The molecule has 6 nitrogen and oxygen atoms in total. The van der Waals surface area contributed by atoms with Crippen molar-refractivity contribution in [1.82, 2.24) is 0 Å². The van der Waals surface area contributed by atoms with Gasteiger partial charge in [-0.25, -0.2) is 0 Å². The van der Waals surface area contributed by atoms with E-state index in [0.29, 0.717) is 6.66 Å². The van der Waals surface area contributed by atoms with Gasteiger partial charge in [-0.15, -0.1) is 4.67 Å². The van der Waals surface area contributed by atoms with Gasteiger partial charge in [0, 0.05) is 6.66 Å². The molecule has 0 aromatic carbocycles. The van der Waals surface area contributed by atoms with E-state index in [-0.39, 0.29) is 0 Å². The summed E-state index contributed by atoms with van der Waals surface area (Å²) in [7, 11) is -10.4. The maximum Gasteiger partial charge on any atom is 0.525 e. The molecule has 0 aliphatic heterocycles. The minimum atomic E-state index is -5.99. The highest BCUT2D eigenvalue weighted by Crippen LogP contribution is 2.39. The normalized spacial score (nSPS) is 18.2. The lowest BCUT2D eigenvalue weighted by atomic mass is 11.6. The summed E-state index contributed by atoms with van der Waals surface area (Å²) in [4.78, 5) is 8.22. The molecule has 13 heavy (non-hydrogen) atoms. The fraction of sp³-hybridized carbons (Fsp3) is 1.00. The average Bonchev–Trinajstić information content (AvgIpc) is 1.79. The predicted molar refractivity (Wildman–Crippen MR) is 32.9 cm³/mol. The third-order valence-corrected chi connectivity index (χ3v) is 1.81. The topological polar surface area (TPSA) is 89.9 Å². The molecule has 0 aromatic rings. The van der Waals surface area contributed by atoms with Gasteiger partial charge in [-0.2, -0.15) is 21.6 Å². The van der Waals surface area contributed by atoms with Crippen molar-refractivity contribution in [3.05, 3.63) is 0 Å². The number of halogens is 3. The molecule has 11 heteroatoms. The summed E-state index contributed by atoms with van der Waals surface area (Å²) in [6, 6.07) is 0. The van der Waals surface area contributed by atoms with E-state index in [1.807, 2.05) is 0 Å². The molecule has 0 saturated heterocycles. The summed E-state index contributed by atoms with van der Waals surface area (Å²) in [5.74, 6) is 0. The molecule has 0 saturated carbocycles. The number of alkyl halides is 3. The van der Waals surface area contributed by atoms with Crippen molar-refractivity contribution in [2.45, 2.75) is 5.51 Å². The summed E-state index contributed by atoms with van der Waals surface area (Å²) >= 11 is 0. The second kappa shape index (κ2) is 3.54. The molecular formula is C2H4F3O6PS. The molecule has 0 bridgehead atoms. The maximum absolute atomic E-state index is 11.4. The Kier molecular flexibility index (Phi) is 3.50. The largest absolute Gasteiger partial charge is 0.525 e. The highest BCUT2D eigenvalue weighted by atomic mass is 32.2. The van der Waals surface area contributed by atoms with E-state index in [9.17, 15) is 26.2 Å². The van der Waals surface area contributed by atoms with Crippen LogP contribution in [0.25, 0.3) is 0 Å². The Hall–Kier alpha value is -0.150. The van der Waals surface area contributed by atoms with Crippen LogP contribution in [0.5, 0.6) is 0 Å². The van der Waals surface area contributed by atoms with Crippen LogP contribution in [0.1, 0.15) is 0 Å². The Bertz CT molecular complexity index is 311. The van der Waals surface area contributed by atoms with E-state index in [0.717, 1.165) is 0 Å². The van der Waals surface area contributed by atoms with E-state index in [2.05, 4.69) is 9.01 Å². The molecule has 0 rings (SSSR count). The quantitative estimate of drug-likeness (QED) is 0.338. The smallest absolute Gasteiger partial charge is 0.323 e. The molecule has 1 N–H and O–H groups in total. The fourth-order valence-corrected chi connectivity index (χ4v) is 0.984. The van der Waals surface area contributed by atoms with E-state index in [1.54, 1.807) is 0 Å². The average molecular weight is 244 g/mol. The molecule has 0 aromatic heterocycles. The van der Waals surface area contributed by atoms with E-state index < -0.39 is 23.2 Å². The zero-order valence-corrected chi connectivity index (χ0v) is 7.69. The minimum absolute atomic E-state index is 0.457. The second-order valence-electron chi connectivity index (χ2n) is 1.85. The molecule has 1 unspecified atom stereocenters. The van der Waals surface area contributed by atoms with Crippen LogP contribution in [-0.2, 0) is 23.7 Å². The predicted octanol–water partition coefficient (Wildman–Crippen LogP) is 0.599. The van der Waals surface area contributed by atoms with Crippen LogP contribution in [0, 0.1) is 0 Å². The molecule has 0 radical (unpaired) electrons. The van der Waals surface area contributed by atoms with Crippen molar-refractivity contribution < 1.29 is 40.1 Å². The minimum Gasteiger partial charge on any atom is -0.323 e. The Morgan fingerprint density at radius 2 is 1.77 bits per heavy atom. The van der Waals surface area contributed by atoms with Gasteiger partial charge in [-0.05, 0) is 0 Å². The van der Waals surface area contributed by atoms with Gasteiger partial charge in [0.15, 0.2) is 0 Å². The first kappa shape index (κ1) is 12.8. The van der Waals surface area contributed by atoms with Crippen LogP contribution in [0.3, 0.4) is 0 Å². The first-order valence-electron chi connectivity index (χ1n) is 2.45. The fourth-order valence-electron chi connectivity index (χ4n) is 0.135. The summed E-state index contributed by atoms with van der Waals surface area (Å²) in [6.07, 6.45) is 0. The van der Waals surface area contributed by atoms with Crippen LogP contribution < -0.4 is 0 Å². The van der Waals surface area contributed by atoms with Crippen molar-refractivity contribution in [1.29, 1.82) is 0 Å². The lowest BCUT2D eigenvalue weighted by molar-refractivity contribution is -0.133. The van der Waals surface area contributed by atoms with Gasteiger partial charge in [-0.3, -0.25) is 4.57 Å². The highest BCUT2D eigenvalue weighted by Gasteiger charge is 2.49. The van der Waals surface area contributed by atoms with Crippen LogP contribution in [0.4, 0.5) is 13.2 Å². The first-order chi connectivity index (χ1) is 5.46. The van der Waals surface area contributed by atoms with Crippen molar-refractivity contribution in [3.8, 4) is 0 Å². The third-order valence-electron chi connectivity index (χ3n) is 0.542. The molecule has 0 amide bonds. The summed E-state index contributed by atoms with van der Waals surface area (Å²) < 4.78 is 70.4. The number of rotatable bonds is 3. The zero-order chi connectivity index (χ0) is 10.9. The molecule has 0 spiro atoms. The molecule has 1 atom stereocenters. The highest BCUT2D eigenvalue weighted by molar-refractivity contribution is 7.87.